The molecule has 0 radical (unpaired) electrons. The molecule has 1 aromatic rings. The van der Waals surface area contributed by atoms with Crippen LogP contribution < -0.4 is 4.74 Å². The van der Waals surface area contributed by atoms with Crippen LogP contribution in [0, 0.1) is 11.3 Å². The number of hydrogen-bond donors (Lipinski definition) is 0. The fourth-order valence-electron chi connectivity index (χ4n) is 2.36. The Bertz CT molecular complexity index is 456. The third-order valence-electron chi connectivity index (χ3n) is 3.44. The zero-order valence-electron chi connectivity index (χ0n) is 10.5. The third-order valence-corrected chi connectivity index (χ3v) is 3.68. The Morgan fingerprint density at radius 1 is 1.56 bits per heavy atom. The Morgan fingerprint density at radius 3 is 3.06 bits per heavy atom. The zero-order chi connectivity index (χ0) is 13.0. The summed E-state index contributed by atoms with van der Waals surface area (Å²) < 4.78 is 5.69. The molecule has 1 aliphatic rings. The van der Waals surface area contributed by atoms with Gasteiger partial charge in [0.15, 0.2) is 0 Å². The number of hydrogen-bond acceptors (Lipinski definition) is 3. The fraction of sp³-hybridized carbons (Fsp3) is 0.500. The number of nitriles is 1. The minimum absolute atomic E-state index is 0.502. The van der Waals surface area contributed by atoms with Crippen LogP contribution in [0.3, 0.4) is 0 Å². The molecule has 4 heteroatoms. The largest absolute Gasteiger partial charge is 0.492 e. The maximum atomic E-state index is 9.00. The molecular formula is C14H17ClN2O. The molecule has 0 bridgehead atoms. The first kappa shape index (κ1) is 13.2. The second kappa shape index (κ2) is 6.08. The molecule has 0 amide bonds. The topological polar surface area (TPSA) is 36.3 Å². The maximum Gasteiger partial charge on any atom is 0.137 e. The van der Waals surface area contributed by atoms with E-state index in [1.54, 1.807) is 18.2 Å². The summed E-state index contributed by atoms with van der Waals surface area (Å²) in [6.07, 6.45) is 3.52. The molecule has 0 saturated carbocycles. The van der Waals surface area contributed by atoms with Gasteiger partial charge in [0.1, 0.15) is 11.8 Å². The van der Waals surface area contributed by atoms with Crippen LogP contribution in [0.5, 0.6) is 5.75 Å². The Kier molecular flexibility index (Phi) is 4.46. The van der Waals surface area contributed by atoms with Crippen molar-refractivity contribution in [2.75, 3.05) is 20.2 Å². The van der Waals surface area contributed by atoms with E-state index < -0.39 is 0 Å². The fourth-order valence-corrected chi connectivity index (χ4v) is 2.54. The monoisotopic (exact) mass is 264 g/mol. The predicted octanol–water partition coefficient (Wildman–Crippen LogP) is 3.07. The van der Waals surface area contributed by atoms with Crippen molar-refractivity contribution in [3.63, 3.8) is 0 Å². The normalized spacial score (nSPS) is 19.7. The number of ether oxygens (including phenoxy) is 1. The van der Waals surface area contributed by atoms with Crippen LogP contribution in [-0.4, -0.2) is 31.1 Å². The highest BCUT2D eigenvalue weighted by Gasteiger charge is 2.20. The summed E-state index contributed by atoms with van der Waals surface area (Å²) in [6.45, 7) is 1.82. The molecule has 0 spiro atoms. The molecule has 1 fully saturated rings. The summed E-state index contributed by atoms with van der Waals surface area (Å²) in [7, 11) is 2.15. The summed E-state index contributed by atoms with van der Waals surface area (Å²) in [5.41, 5.74) is 0.502. The second-order valence-electron chi connectivity index (χ2n) is 4.67. The Hall–Kier alpha value is -1.24. The van der Waals surface area contributed by atoms with Crippen molar-refractivity contribution >= 4 is 11.6 Å². The highest BCUT2D eigenvalue weighted by atomic mass is 35.5. The lowest BCUT2D eigenvalue weighted by Gasteiger charge is -2.19. The van der Waals surface area contributed by atoms with E-state index in [0.29, 0.717) is 29.0 Å². The molecule has 18 heavy (non-hydrogen) atoms. The lowest BCUT2D eigenvalue weighted by atomic mass is 10.1. The molecule has 0 aromatic heterocycles. The molecule has 1 aliphatic heterocycles. The summed E-state index contributed by atoms with van der Waals surface area (Å²) >= 11 is 5.84. The molecule has 96 valence electrons. The summed E-state index contributed by atoms with van der Waals surface area (Å²) in [5, 5.41) is 9.56. The van der Waals surface area contributed by atoms with E-state index in [4.69, 9.17) is 21.6 Å². The lowest BCUT2D eigenvalue weighted by molar-refractivity contribution is 0.233. The van der Waals surface area contributed by atoms with Gasteiger partial charge in [-0.2, -0.15) is 5.26 Å². The average Bonchev–Trinajstić information content (AvgIpc) is 2.77. The minimum Gasteiger partial charge on any atom is -0.492 e. The van der Waals surface area contributed by atoms with Crippen LogP contribution >= 0.6 is 11.6 Å². The number of likely N-dealkylation sites (tertiary alicyclic amines) is 1. The van der Waals surface area contributed by atoms with Gasteiger partial charge in [-0.25, -0.2) is 0 Å². The average molecular weight is 265 g/mol. The summed E-state index contributed by atoms with van der Waals surface area (Å²) in [5.74, 6) is 0.627. The zero-order valence-corrected chi connectivity index (χ0v) is 11.3. The quantitative estimate of drug-likeness (QED) is 0.839. The van der Waals surface area contributed by atoms with Crippen LogP contribution in [-0.2, 0) is 0 Å². The van der Waals surface area contributed by atoms with Gasteiger partial charge in [-0.15, -0.1) is 0 Å². The van der Waals surface area contributed by atoms with Crippen LogP contribution in [0.1, 0.15) is 24.8 Å². The molecule has 1 saturated heterocycles. The molecule has 1 atom stereocenters. The highest BCUT2D eigenvalue weighted by Crippen LogP contribution is 2.23. The molecule has 1 aromatic carbocycles. The molecule has 3 nitrogen and oxygen atoms in total. The molecule has 1 unspecified atom stereocenters. The van der Waals surface area contributed by atoms with E-state index >= 15 is 0 Å². The van der Waals surface area contributed by atoms with E-state index in [0.717, 1.165) is 6.42 Å². The van der Waals surface area contributed by atoms with Gasteiger partial charge >= 0.3 is 0 Å². The molecule has 0 N–H and O–H groups in total. The number of halogens is 1. The molecular weight excluding hydrogens is 248 g/mol. The number of rotatable bonds is 4. The summed E-state index contributed by atoms with van der Waals surface area (Å²) in [4.78, 5) is 2.37. The van der Waals surface area contributed by atoms with Gasteiger partial charge in [0.05, 0.1) is 12.2 Å². The van der Waals surface area contributed by atoms with Crippen LogP contribution in [0.25, 0.3) is 0 Å². The standard InChI is InChI=1S/C14H17ClN2O/c1-17-7-2-3-13(17)6-8-18-14-5-4-12(15)9-11(14)10-16/h4-5,9,13H,2-3,6-8H2,1H3. The first-order valence-electron chi connectivity index (χ1n) is 6.23. The van der Waals surface area contributed by atoms with Gasteiger partial charge in [-0.1, -0.05) is 11.6 Å². The van der Waals surface area contributed by atoms with Gasteiger partial charge in [-0.3, -0.25) is 0 Å². The van der Waals surface area contributed by atoms with Crippen molar-refractivity contribution in [1.82, 2.24) is 4.90 Å². The van der Waals surface area contributed by atoms with Gasteiger partial charge in [-0.05, 0) is 51.1 Å². The Labute approximate surface area is 113 Å². The third kappa shape index (κ3) is 3.16. The smallest absolute Gasteiger partial charge is 0.137 e. The van der Waals surface area contributed by atoms with Crippen molar-refractivity contribution < 1.29 is 4.74 Å². The van der Waals surface area contributed by atoms with E-state index in [2.05, 4.69) is 18.0 Å². The van der Waals surface area contributed by atoms with E-state index in [1.165, 1.54) is 19.4 Å². The first-order valence-corrected chi connectivity index (χ1v) is 6.61. The number of nitrogens with zero attached hydrogens (tertiary/aromatic N) is 2. The van der Waals surface area contributed by atoms with Crippen molar-refractivity contribution in [1.29, 1.82) is 5.26 Å². The second-order valence-corrected chi connectivity index (χ2v) is 5.10. The number of benzene rings is 1. The van der Waals surface area contributed by atoms with Crippen molar-refractivity contribution in [2.45, 2.75) is 25.3 Å². The van der Waals surface area contributed by atoms with Gasteiger partial charge in [0, 0.05) is 11.1 Å². The molecule has 2 rings (SSSR count). The minimum atomic E-state index is 0.502. The Balaban J connectivity index is 1.88. The lowest BCUT2D eigenvalue weighted by Crippen LogP contribution is -2.26. The van der Waals surface area contributed by atoms with Crippen LogP contribution in [0.2, 0.25) is 5.02 Å². The van der Waals surface area contributed by atoms with Crippen molar-refractivity contribution in [3.8, 4) is 11.8 Å². The van der Waals surface area contributed by atoms with Gasteiger partial charge in [0.25, 0.3) is 0 Å². The predicted molar refractivity (Wildman–Crippen MR) is 71.9 cm³/mol. The Morgan fingerprint density at radius 2 is 2.39 bits per heavy atom. The maximum absolute atomic E-state index is 9.00. The van der Waals surface area contributed by atoms with Gasteiger partial charge in [0.2, 0.25) is 0 Å². The summed E-state index contributed by atoms with van der Waals surface area (Å²) in [6, 6.07) is 7.87. The van der Waals surface area contributed by atoms with Crippen molar-refractivity contribution in [2.24, 2.45) is 0 Å². The van der Waals surface area contributed by atoms with E-state index in [9.17, 15) is 0 Å². The SMILES string of the molecule is CN1CCCC1CCOc1ccc(Cl)cc1C#N. The highest BCUT2D eigenvalue weighted by molar-refractivity contribution is 6.30. The van der Waals surface area contributed by atoms with Gasteiger partial charge < -0.3 is 9.64 Å². The van der Waals surface area contributed by atoms with Crippen LogP contribution in [0.15, 0.2) is 18.2 Å². The first-order chi connectivity index (χ1) is 8.70. The van der Waals surface area contributed by atoms with E-state index in [-0.39, 0.29) is 0 Å². The molecule has 1 heterocycles. The van der Waals surface area contributed by atoms with Crippen LogP contribution in [0.4, 0.5) is 0 Å². The van der Waals surface area contributed by atoms with Crippen molar-refractivity contribution in [3.05, 3.63) is 28.8 Å². The van der Waals surface area contributed by atoms with E-state index in [1.807, 2.05) is 0 Å². The molecule has 0 aliphatic carbocycles.